The standard InChI is InChI=1S/C15H18N2O2/c1-11(18)12-8-9-15(16-10-12)17(2)13-6-4-5-7-14(13)19-3/h4-11,18H,1-3H3/t11-/m1/s1. The molecular weight excluding hydrogens is 240 g/mol. The number of para-hydroxylation sites is 2. The number of methoxy groups -OCH3 is 1. The van der Waals surface area contributed by atoms with E-state index in [2.05, 4.69) is 4.98 Å². The van der Waals surface area contributed by atoms with E-state index < -0.39 is 6.10 Å². The van der Waals surface area contributed by atoms with Crippen molar-refractivity contribution in [1.29, 1.82) is 0 Å². The number of rotatable bonds is 4. The number of aromatic nitrogens is 1. The highest BCUT2D eigenvalue weighted by Gasteiger charge is 2.10. The molecule has 1 atom stereocenters. The van der Waals surface area contributed by atoms with Crippen LogP contribution in [-0.2, 0) is 0 Å². The lowest BCUT2D eigenvalue weighted by molar-refractivity contribution is 0.199. The van der Waals surface area contributed by atoms with Crippen LogP contribution in [0.15, 0.2) is 42.6 Å². The summed E-state index contributed by atoms with van der Waals surface area (Å²) in [7, 11) is 3.58. The largest absolute Gasteiger partial charge is 0.495 e. The molecule has 0 aliphatic carbocycles. The molecule has 1 N–H and O–H groups in total. The predicted octanol–water partition coefficient (Wildman–Crippen LogP) is 2.91. The van der Waals surface area contributed by atoms with Crippen molar-refractivity contribution < 1.29 is 9.84 Å². The Kier molecular flexibility index (Phi) is 4.02. The monoisotopic (exact) mass is 258 g/mol. The molecule has 0 unspecified atom stereocenters. The van der Waals surface area contributed by atoms with E-state index in [4.69, 9.17) is 4.74 Å². The molecule has 4 heteroatoms. The van der Waals surface area contributed by atoms with Crippen molar-refractivity contribution in [3.8, 4) is 5.75 Å². The van der Waals surface area contributed by atoms with Crippen molar-refractivity contribution in [3.63, 3.8) is 0 Å². The number of anilines is 2. The fourth-order valence-corrected chi connectivity index (χ4v) is 1.87. The normalized spacial score (nSPS) is 12.0. The fraction of sp³-hybridized carbons (Fsp3) is 0.267. The average Bonchev–Trinajstić information content (AvgIpc) is 2.46. The maximum absolute atomic E-state index is 9.48. The zero-order valence-corrected chi connectivity index (χ0v) is 11.4. The summed E-state index contributed by atoms with van der Waals surface area (Å²) in [6, 6.07) is 11.5. The molecule has 0 spiro atoms. The maximum atomic E-state index is 9.48. The molecule has 2 rings (SSSR count). The molecule has 0 aliphatic heterocycles. The SMILES string of the molecule is COc1ccccc1N(C)c1ccc([C@@H](C)O)cn1. The van der Waals surface area contributed by atoms with Crippen molar-refractivity contribution in [3.05, 3.63) is 48.2 Å². The molecular formula is C15H18N2O2. The number of ether oxygens (including phenoxy) is 1. The molecule has 1 aromatic carbocycles. The zero-order chi connectivity index (χ0) is 13.8. The summed E-state index contributed by atoms with van der Waals surface area (Å²) in [4.78, 5) is 6.31. The van der Waals surface area contributed by atoms with Crippen LogP contribution < -0.4 is 9.64 Å². The summed E-state index contributed by atoms with van der Waals surface area (Å²) < 4.78 is 5.34. The minimum Gasteiger partial charge on any atom is -0.495 e. The third-order valence-corrected chi connectivity index (χ3v) is 3.04. The van der Waals surface area contributed by atoms with Crippen LogP contribution in [0.4, 0.5) is 11.5 Å². The first-order valence-electron chi connectivity index (χ1n) is 6.14. The first-order valence-corrected chi connectivity index (χ1v) is 6.14. The number of nitrogens with zero attached hydrogens (tertiary/aromatic N) is 2. The van der Waals surface area contributed by atoms with Gasteiger partial charge in [0, 0.05) is 13.2 Å². The van der Waals surface area contributed by atoms with E-state index in [-0.39, 0.29) is 0 Å². The molecule has 19 heavy (non-hydrogen) atoms. The quantitative estimate of drug-likeness (QED) is 0.916. The van der Waals surface area contributed by atoms with Crippen LogP contribution in [0.5, 0.6) is 5.75 Å². The van der Waals surface area contributed by atoms with Crippen molar-refractivity contribution in [1.82, 2.24) is 4.98 Å². The van der Waals surface area contributed by atoms with Crippen molar-refractivity contribution in [2.24, 2.45) is 0 Å². The molecule has 0 amide bonds. The highest BCUT2D eigenvalue weighted by atomic mass is 16.5. The summed E-state index contributed by atoms with van der Waals surface area (Å²) in [5, 5.41) is 9.48. The van der Waals surface area contributed by atoms with E-state index >= 15 is 0 Å². The van der Waals surface area contributed by atoms with Crippen LogP contribution in [0, 0.1) is 0 Å². The molecule has 1 heterocycles. The Balaban J connectivity index is 2.30. The molecule has 0 saturated carbocycles. The molecule has 4 nitrogen and oxygen atoms in total. The molecule has 2 aromatic rings. The molecule has 0 radical (unpaired) electrons. The molecule has 100 valence electrons. The minimum atomic E-state index is -0.502. The van der Waals surface area contributed by atoms with Crippen LogP contribution >= 0.6 is 0 Å². The molecule has 0 saturated heterocycles. The van der Waals surface area contributed by atoms with Crippen molar-refractivity contribution in [2.45, 2.75) is 13.0 Å². The minimum absolute atomic E-state index is 0.502. The van der Waals surface area contributed by atoms with Gasteiger partial charge in [0.2, 0.25) is 0 Å². The molecule has 0 fully saturated rings. The average molecular weight is 258 g/mol. The number of pyridine rings is 1. The predicted molar refractivity (Wildman–Crippen MR) is 75.9 cm³/mol. The van der Waals surface area contributed by atoms with Crippen molar-refractivity contribution in [2.75, 3.05) is 19.1 Å². The Bertz CT molecular complexity index is 538. The zero-order valence-electron chi connectivity index (χ0n) is 11.4. The van der Waals surface area contributed by atoms with Gasteiger partial charge in [0.05, 0.1) is 18.9 Å². The molecule has 0 bridgehead atoms. The van der Waals surface area contributed by atoms with Gasteiger partial charge in [0.25, 0.3) is 0 Å². The van der Waals surface area contributed by atoms with Gasteiger partial charge in [0.15, 0.2) is 0 Å². The number of hydrogen-bond donors (Lipinski definition) is 1. The van der Waals surface area contributed by atoms with E-state index in [0.717, 1.165) is 22.8 Å². The van der Waals surface area contributed by atoms with Gasteiger partial charge in [-0.3, -0.25) is 0 Å². The van der Waals surface area contributed by atoms with Gasteiger partial charge in [-0.15, -0.1) is 0 Å². The van der Waals surface area contributed by atoms with Crippen molar-refractivity contribution >= 4 is 11.5 Å². The van der Waals surface area contributed by atoms with Gasteiger partial charge in [-0.25, -0.2) is 4.98 Å². The van der Waals surface area contributed by atoms with Crippen LogP contribution in [-0.4, -0.2) is 24.2 Å². The highest BCUT2D eigenvalue weighted by Crippen LogP contribution is 2.31. The second kappa shape index (κ2) is 5.71. The number of aliphatic hydroxyl groups excluding tert-OH is 1. The summed E-state index contributed by atoms with van der Waals surface area (Å²) in [6.45, 7) is 1.72. The van der Waals surface area contributed by atoms with Gasteiger partial charge in [-0.1, -0.05) is 18.2 Å². The summed E-state index contributed by atoms with van der Waals surface area (Å²) >= 11 is 0. The first kappa shape index (κ1) is 13.4. The topological polar surface area (TPSA) is 45.6 Å². The summed E-state index contributed by atoms with van der Waals surface area (Å²) in [6.07, 6.45) is 1.18. The maximum Gasteiger partial charge on any atom is 0.142 e. The number of benzene rings is 1. The Morgan fingerprint density at radius 2 is 1.95 bits per heavy atom. The third kappa shape index (κ3) is 2.85. The first-order chi connectivity index (χ1) is 9.13. The fourth-order valence-electron chi connectivity index (χ4n) is 1.87. The summed E-state index contributed by atoms with van der Waals surface area (Å²) in [5.74, 6) is 1.60. The highest BCUT2D eigenvalue weighted by molar-refractivity contribution is 5.66. The van der Waals surface area contributed by atoms with Crippen LogP contribution in [0.3, 0.4) is 0 Å². The van der Waals surface area contributed by atoms with E-state index in [9.17, 15) is 5.11 Å². The number of hydrogen-bond acceptors (Lipinski definition) is 4. The van der Waals surface area contributed by atoms with Crippen LogP contribution in [0.2, 0.25) is 0 Å². The van der Waals surface area contributed by atoms with E-state index in [0.29, 0.717) is 0 Å². The molecule has 0 aliphatic rings. The second-order valence-corrected chi connectivity index (χ2v) is 4.36. The van der Waals surface area contributed by atoms with Gasteiger partial charge in [-0.05, 0) is 30.7 Å². The van der Waals surface area contributed by atoms with Crippen LogP contribution in [0.25, 0.3) is 0 Å². The smallest absolute Gasteiger partial charge is 0.142 e. The van der Waals surface area contributed by atoms with Gasteiger partial charge < -0.3 is 14.7 Å². The van der Waals surface area contributed by atoms with Gasteiger partial charge >= 0.3 is 0 Å². The van der Waals surface area contributed by atoms with Crippen LogP contribution in [0.1, 0.15) is 18.6 Å². The second-order valence-electron chi connectivity index (χ2n) is 4.36. The Labute approximate surface area is 113 Å². The Morgan fingerprint density at radius 1 is 1.21 bits per heavy atom. The lowest BCUT2D eigenvalue weighted by Gasteiger charge is -2.21. The Morgan fingerprint density at radius 3 is 2.53 bits per heavy atom. The lowest BCUT2D eigenvalue weighted by Crippen LogP contribution is -2.12. The van der Waals surface area contributed by atoms with Gasteiger partial charge in [0.1, 0.15) is 11.6 Å². The number of aliphatic hydroxyl groups is 1. The lowest BCUT2D eigenvalue weighted by atomic mass is 10.2. The van der Waals surface area contributed by atoms with E-state index in [1.807, 2.05) is 48.3 Å². The third-order valence-electron chi connectivity index (χ3n) is 3.04. The molecule has 1 aromatic heterocycles. The summed E-state index contributed by atoms with van der Waals surface area (Å²) in [5.41, 5.74) is 1.75. The Hall–Kier alpha value is -2.07. The van der Waals surface area contributed by atoms with E-state index in [1.54, 1.807) is 20.2 Å². The van der Waals surface area contributed by atoms with E-state index in [1.165, 1.54) is 0 Å². The van der Waals surface area contributed by atoms with Gasteiger partial charge in [-0.2, -0.15) is 0 Å².